The van der Waals surface area contributed by atoms with Gasteiger partial charge in [-0.15, -0.1) is 24.0 Å². The van der Waals surface area contributed by atoms with Gasteiger partial charge in [-0.2, -0.15) is 0 Å². The minimum absolute atomic E-state index is 0. The lowest BCUT2D eigenvalue weighted by molar-refractivity contribution is 0.316. The summed E-state index contributed by atoms with van der Waals surface area (Å²) in [4.78, 5) is 4.20. The lowest BCUT2D eigenvalue weighted by Crippen LogP contribution is -2.46. The first-order chi connectivity index (χ1) is 11.0. The minimum atomic E-state index is -3.19. The molecule has 0 bridgehead atoms. The molecular formula is C16H33IN4O2S. The van der Waals surface area contributed by atoms with Crippen LogP contribution in [0.3, 0.4) is 0 Å². The van der Waals surface area contributed by atoms with Crippen LogP contribution in [0, 0.1) is 11.8 Å². The molecule has 0 amide bonds. The van der Waals surface area contributed by atoms with Gasteiger partial charge in [0.05, 0.1) is 5.75 Å². The molecule has 2 aliphatic rings. The van der Waals surface area contributed by atoms with E-state index < -0.39 is 10.0 Å². The number of guanidine groups is 1. The van der Waals surface area contributed by atoms with Gasteiger partial charge in [-0.05, 0) is 37.5 Å². The monoisotopic (exact) mass is 472 g/mol. The summed E-state index contributed by atoms with van der Waals surface area (Å²) in [7, 11) is -1.47. The molecule has 0 aromatic carbocycles. The van der Waals surface area contributed by atoms with Gasteiger partial charge in [0.2, 0.25) is 10.0 Å². The number of hydrogen-bond donors (Lipinski definition) is 3. The van der Waals surface area contributed by atoms with Crippen molar-refractivity contribution in [3.8, 4) is 0 Å². The molecule has 2 aliphatic carbocycles. The normalized spacial score (nSPS) is 25.5. The van der Waals surface area contributed by atoms with Crippen LogP contribution in [0.4, 0.5) is 0 Å². The van der Waals surface area contributed by atoms with Crippen LogP contribution in [-0.2, 0) is 10.0 Å². The topological polar surface area (TPSA) is 82.6 Å². The Kier molecular flexibility index (Phi) is 9.88. The van der Waals surface area contributed by atoms with Crippen LogP contribution < -0.4 is 15.4 Å². The van der Waals surface area contributed by atoms with E-state index in [-0.39, 0.29) is 29.7 Å². The molecule has 24 heavy (non-hydrogen) atoms. The third-order valence-electron chi connectivity index (χ3n) is 4.98. The summed E-state index contributed by atoms with van der Waals surface area (Å²) in [6.07, 6.45) is 8.39. The predicted molar refractivity (Wildman–Crippen MR) is 110 cm³/mol. The van der Waals surface area contributed by atoms with Crippen molar-refractivity contribution in [3.05, 3.63) is 0 Å². The molecule has 142 valence electrons. The molecule has 0 aromatic heterocycles. The van der Waals surface area contributed by atoms with Crippen LogP contribution >= 0.6 is 24.0 Å². The van der Waals surface area contributed by atoms with Crippen LogP contribution in [0.25, 0.3) is 0 Å². The Labute approximate surface area is 164 Å². The van der Waals surface area contributed by atoms with Gasteiger partial charge in [0.25, 0.3) is 0 Å². The Morgan fingerprint density at radius 2 is 1.88 bits per heavy atom. The quantitative estimate of drug-likeness (QED) is 0.301. The number of sulfonamides is 1. The van der Waals surface area contributed by atoms with E-state index in [9.17, 15) is 8.42 Å². The SMILES string of the molecule is CN=C(NCCS(=O)(=O)NCC1CCC1)NC1CCCC(C)C1.I. The molecule has 6 nitrogen and oxygen atoms in total. The molecule has 0 saturated heterocycles. The second kappa shape index (κ2) is 10.8. The maximum absolute atomic E-state index is 12.0. The Morgan fingerprint density at radius 1 is 1.17 bits per heavy atom. The van der Waals surface area contributed by atoms with E-state index in [4.69, 9.17) is 0 Å². The molecule has 8 heteroatoms. The van der Waals surface area contributed by atoms with Crippen molar-refractivity contribution < 1.29 is 8.42 Å². The summed E-state index contributed by atoms with van der Waals surface area (Å²) < 4.78 is 26.6. The van der Waals surface area contributed by atoms with Crippen LogP contribution in [0.1, 0.15) is 51.9 Å². The van der Waals surface area contributed by atoms with Crippen molar-refractivity contribution in [3.63, 3.8) is 0 Å². The molecule has 0 aromatic rings. The molecule has 2 fully saturated rings. The lowest BCUT2D eigenvalue weighted by Gasteiger charge is -2.28. The van der Waals surface area contributed by atoms with Crippen molar-refractivity contribution in [2.45, 2.75) is 57.9 Å². The largest absolute Gasteiger partial charge is 0.355 e. The third kappa shape index (κ3) is 7.86. The number of hydrogen-bond acceptors (Lipinski definition) is 3. The summed E-state index contributed by atoms with van der Waals surface area (Å²) >= 11 is 0. The van der Waals surface area contributed by atoms with Gasteiger partial charge in [0.15, 0.2) is 5.96 Å². The zero-order valence-corrected chi connectivity index (χ0v) is 18.0. The molecular weight excluding hydrogens is 439 g/mol. The molecule has 2 rings (SSSR count). The fraction of sp³-hybridized carbons (Fsp3) is 0.938. The summed E-state index contributed by atoms with van der Waals surface area (Å²) in [5, 5.41) is 6.54. The molecule has 0 radical (unpaired) electrons. The van der Waals surface area contributed by atoms with Crippen molar-refractivity contribution in [1.82, 2.24) is 15.4 Å². The fourth-order valence-electron chi connectivity index (χ4n) is 3.27. The first kappa shape index (κ1) is 22.0. The standard InChI is InChI=1S/C16H32N4O2S.HI/c1-13-5-3-8-15(11-13)20-16(17-2)18-9-10-23(21,22)19-12-14-6-4-7-14;/h13-15,19H,3-12H2,1-2H3,(H2,17,18,20);1H. The second-order valence-corrected chi connectivity index (χ2v) is 9.00. The molecule has 2 saturated carbocycles. The first-order valence-corrected chi connectivity index (χ1v) is 10.6. The van der Waals surface area contributed by atoms with Crippen LogP contribution in [0.15, 0.2) is 4.99 Å². The minimum Gasteiger partial charge on any atom is -0.355 e. The molecule has 0 aliphatic heterocycles. The van der Waals surface area contributed by atoms with E-state index in [1.54, 1.807) is 7.05 Å². The highest BCUT2D eigenvalue weighted by Gasteiger charge is 2.21. The number of nitrogens with one attached hydrogen (secondary N) is 3. The van der Waals surface area contributed by atoms with Crippen molar-refractivity contribution in [1.29, 1.82) is 0 Å². The predicted octanol–water partition coefficient (Wildman–Crippen LogP) is 2.07. The van der Waals surface area contributed by atoms with E-state index in [0.717, 1.165) is 31.6 Å². The Bertz CT molecular complexity index is 494. The maximum Gasteiger partial charge on any atom is 0.213 e. The van der Waals surface area contributed by atoms with Crippen molar-refractivity contribution in [2.24, 2.45) is 16.8 Å². The summed E-state index contributed by atoms with van der Waals surface area (Å²) in [5.41, 5.74) is 0. The van der Waals surface area contributed by atoms with E-state index in [1.165, 1.54) is 19.3 Å². The Balaban J connectivity index is 0.00000288. The molecule has 0 heterocycles. The first-order valence-electron chi connectivity index (χ1n) is 8.93. The van der Waals surface area contributed by atoms with E-state index >= 15 is 0 Å². The van der Waals surface area contributed by atoms with Crippen molar-refractivity contribution >= 4 is 40.0 Å². The van der Waals surface area contributed by atoms with Gasteiger partial charge in [-0.3, -0.25) is 4.99 Å². The molecule has 3 N–H and O–H groups in total. The number of halogens is 1. The van der Waals surface area contributed by atoms with E-state index in [2.05, 4.69) is 27.3 Å². The smallest absolute Gasteiger partial charge is 0.213 e. The van der Waals surface area contributed by atoms with Crippen LogP contribution in [0.2, 0.25) is 0 Å². The zero-order chi connectivity index (χ0) is 16.7. The summed E-state index contributed by atoms with van der Waals surface area (Å²) in [5.74, 6) is 2.08. The van der Waals surface area contributed by atoms with Gasteiger partial charge in [0, 0.05) is 26.2 Å². The van der Waals surface area contributed by atoms with Gasteiger partial charge < -0.3 is 10.6 Å². The lowest BCUT2D eigenvalue weighted by atomic mass is 9.86. The van der Waals surface area contributed by atoms with Gasteiger partial charge in [-0.1, -0.05) is 26.2 Å². The number of nitrogens with zero attached hydrogens (tertiary/aromatic N) is 1. The molecule has 2 unspecified atom stereocenters. The van der Waals surface area contributed by atoms with E-state index in [0.29, 0.717) is 31.0 Å². The zero-order valence-electron chi connectivity index (χ0n) is 14.9. The van der Waals surface area contributed by atoms with Gasteiger partial charge >= 0.3 is 0 Å². The highest BCUT2D eigenvalue weighted by atomic mass is 127. The van der Waals surface area contributed by atoms with Crippen LogP contribution in [-0.4, -0.2) is 46.3 Å². The number of aliphatic imine (C=N–C) groups is 1. The average Bonchev–Trinajstić information content (AvgIpc) is 2.44. The van der Waals surface area contributed by atoms with Gasteiger partial charge in [-0.25, -0.2) is 13.1 Å². The highest BCUT2D eigenvalue weighted by Crippen LogP contribution is 2.25. The molecule has 2 atom stereocenters. The Morgan fingerprint density at radius 3 is 2.46 bits per heavy atom. The number of rotatable bonds is 7. The second-order valence-electron chi connectivity index (χ2n) is 7.08. The summed E-state index contributed by atoms with van der Waals surface area (Å²) in [6.45, 7) is 3.25. The van der Waals surface area contributed by atoms with Gasteiger partial charge in [0.1, 0.15) is 0 Å². The Hall–Kier alpha value is -0.0900. The fourth-order valence-corrected chi connectivity index (χ4v) is 4.28. The molecule has 0 spiro atoms. The van der Waals surface area contributed by atoms with Crippen LogP contribution in [0.5, 0.6) is 0 Å². The van der Waals surface area contributed by atoms with Crippen molar-refractivity contribution in [2.75, 3.05) is 25.9 Å². The summed E-state index contributed by atoms with van der Waals surface area (Å²) in [6, 6.07) is 0.443. The van der Waals surface area contributed by atoms with E-state index in [1.807, 2.05) is 0 Å². The maximum atomic E-state index is 12.0. The average molecular weight is 472 g/mol. The third-order valence-corrected chi connectivity index (χ3v) is 6.33. The highest BCUT2D eigenvalue weighted by molar-refractivity contribution is 14.0.